The molecular formula is C18H21FN2OS. The van der Waals surface area contributed by atoms with Gasteiger partial charge in [-0.3, -0.25) is 4.98 Å². The van der Waals surface area contributed by atoms with Crippen molar-refractivity contribution in [3.63, 3.8) is 0 Å². The minimum absolute atomic E-state index is 0.187. The van der Waals surface area contributed by atoms with Crippen molar-refractivity contribution < 1.29 is 8.94 Å². The Kier molecular flexibility index (Phi) is 5.65. The number of halogens is 1. The Bertz CT molecular complexity index is 600. The number of piperidine rings is 1. The first-order chi connectivity index (χ1) is 11.2. The van der Waals surface area contributed by atoms with Crippen LogP contribution >= 0.6 is 0 Å². The fourth-order valence-corrected chi connectivity index (χ4v) is 4.36. The number of hydrogen-bond donors (Lipinski definition) is 0. The van der Waals surface area contributed by atoms with Gasteiger partial charge in [0, 0.05) is 57.0 Å². The summed E-state index contributed by atoms with van der Waals surface area (Å²) in [7, 11) is 0. The fraction of sp³-hybridized carbons (Fsp3) is 0.389. The molecular weight excluding hydrogens is 311 g/mol. The molecule has 0 saturated carbocycles. The summed E-state index contributed by atoms with van der Waals surface area (Å²) in [6.45, 7) is 2.92. The molecule has 5 heteroatoms. The highest BCUT2D eigenvalue weighted by molar-refractivity contribution is 7.92. The highest BCUT2D eigenvalue weighted by Crippen LogP contribution is 2.24. The van der Waals surface area contributed by atoms with Gasteiger partial charge in [0.15, 0.2) is 4.90 Å². The second-order valence-electron chi connectivity index (χ2n) is 5.90. The minimum atomic E-state index is -0.936. The highest BCUT2D eigenvalue weighted by Gasteiger charge is 2.29. The molecule has 1 atom stereocenters. The minimum Gasteiger partial charge on any atom is -0.611 e. The predicted octanol–water partition coefficient (Wildman–Crippen LogP) is 3.04. The van der Waals surface area contributed by atoms with Crippen LogP contribution in [0.3, 0.4) is 0 Å². The van der Waals surface area contributed by atoms with Crippen molar-refractivity contribution in [2.45, 2.75) is 29.4 Å². The molecule has 0 amide bonds. The largest absolute Gasteiger partial charge is 0.611 e. The molecule has 3 nitrogen and oxygen atoms in total. The van der Waals surface area contributed by atoms with Crippen LogP contribution in [0.5, 0.6) is 0 Å². The number of likely N-dealkylation sites (tertiary alicyclic amines) is 1. The maximum atomic E-state index is 12.9. The molecule has 0 aliphatic carbocycles. The Labute approximate surface area is 139 Å². The molecule has 1 saturated heterocycles. The van der Waals surface area contributed by atoms with E-state index in [4.69, 9.17) is 0 Å². The maximum absolute atomic E-state index is 12.9. The molecule has 1 aliphatic heterocycles. The Morgan fingerprint density at radius 1 is 1.09 bits per heavy atom. The number of aromatic nitrogens is 1. The van der Waals surface area contributed by atoms with Crippen molar-refractivity contribution in [1.29, 1.82) is 0 Å². The van der Waals surface area contributed by atoms with Crippen molar-refractivity contribution in [3.05, 3.63) is 60.2 Å². The Morgan fingerprint density at radius 2 is 1.74 bits per heavy atom. The molecule has 2 aromatic rings. The lowest BCUT2D eigenvalue weighted by Gasteiger charge is -2.32. The van der Waals surface area contributed by atoms with E-state index in [9.17, 15) is 8.94 Å². The van der Waals surface area contributed by atoms with Gasteiger partial charge in [0.1, 0.15) is 11.1 Å². The number of nitrogens with zero attached hydrogens (tertiary/aromatic N) is 2. The summed E-state index contributed by atoms with van der Waals surface area (Å²) in [5.41, 5.74) is 1.16. The number of benzene rings is 1. The molecule has 1 aromatic carbocycles. The fourth-order valence-electron chi connectivity index (χ4n) is 2.95. The van der Waals surface area contributed by atoms with Gasteiger partial charge < -0.3 is 9.45 Å². The molecule has 122 valence electrons. The van der Waals surface area contributed by atoms with Gasteiger partial charge in [-0.2, -0.15) is 0 Å². The first-order valence-electron chi connectivity index (χ1n) is 8.00. The van der Waals surface area contributed by atoms with E-state index < -0.39 is 11.2 Å². The molecule has 1 fully saturated rings. The molecule has 1 aromatic heterocycles. The smallest absolute Gasteiger partial charge is 0.156 e. The number of hydrogen-bond acceptors (Lipinski definition) is 3. The van der Waals surface area contributed by atoms with Crippen LogP contribution in [0.4, 0.5) is 4.39 Å². The average Bonchev–Trinajstić information content (AvgIpc) is 2.62. The molecule has 0 N–H and O–H groups in total. The first kappa shape index (κ1) is 16.4. The van der Waals surface area contributed by atoms with Gasteiger partial charge in [-0.15, -0.1) is 0 Å². The monoisotopic (exact) mass is 332 g/mol. The van der Waals surface area contributed by atoms with E-state index in [1.54, 1.807) is 12.4 Å². The Morgan fingerprint density at radius 3 is 2.39 bits per heavy atom. The van der Waals surface area contributed by atoms with Crippen LogP contribution < -0.4 is 0 Å². The average molecular weight is 332 g/mol. The van der Waals surface area contributed by atoms with Crippen molar-refractivity contribution in [2.24, 2.45) is 0 Å². The summed E-state index contributed by atoms with van der Waals surface area (Å²) >= 11 is -0.936. The van der Waals surface area contributed by atoms with Crippen LogP contribution in [0, 0.1) is 5.82 Å². The number of rotatable bonds is 5. The van der Waals surface area contributed by atoms with Gasteiger partial charge in [-0.25, -0.2) is 4.39 Å². The first-order valence-corrected chi connectivity index (χ1v) is 9.21. The van der Waals surface area contributed by atoms with Gasteiger partial charge in [-0.05, 0) is 35.3 Å². The zero-order valence-corrected chi connectivity index (χ0v) is 13.8. The third-order valence-electron chi connectivity index (χ3n) is 4.35. The van der Waals surface area contributed by atoms with Crippen molar-refractivity contribution in [3.8, 4) is 0 Å². The van der Waals surface area contributed by atoms with E-state index >= 15 is 0 Å². The SMILES string of the molecule is [O-][S+](c1ccncc1)C1CCN(CCc2ccc(F)cc2)CC1. The molecule has 0 radical (unpaired) electrons. The zero-order chi connectivity index (χ0) is 16.1. The standard InChI is InChI=1S/C18H21FN2OS/c19-16-3-1-15(2-4-16)7-12-21-13-8-18(9-14-21)23(22)17-5-10-20-11-6-17/h1-6,10-11,18H,7-9,12-14H2. The molecule has 0 bridgehead atoms. The quantitative estimate of drug-likeness (QED) is 0.790. The summed E-state index contributed by atoms with van der Waals surface area (Å²) in [6, 6.07) is 10.4. The molecule has 0 spiro atoms. The van der Waals surface area contributed by atoms with Crippen molar-refractivity contribution >= 4 is 11.2 Å². The van der Waals surface area contributed by atoms with Crippen LogP contribution in [0.15, 0.2) is 53.7 Å². The van der Waals surface area contributed by atoms with Crippen LogP contribution in [0.1, 0.15) is 18.4 Å². The third kappa shape index (κ3) is 4.53. The normalized spacial score (nSPS) is 18.0. The van der Waals surface area contributed by atoms with Crippen LogP contribution in [-0.4, -0.2) is 39.3 Å². The third-order valence-corrected chi connectivity index (χ3v) is 6.16. The van der Waals surface area contributed by atoms with Crippen molar-refractivity contribution in [2.75, 3.05) is 19.6 Å². The van der Waals surface area contributed by atoms with Gasteiger partial charge in [-0.1, -0.05) is 12.1 Å². The summed E-state index contributed by atoms with van der Waals surface area (Å²) in [5.74, 6) is -0.187. The van der Waals surface area contributed by atoms with Gasteiger partial charge >= 0.3 is 0 Å². The van der Waals surface area contributed by atoms with Crippen LogP contribution in [-0.2, 0) is 17.6 Å². The van der Waals surface area contributed by atoms with Gasteiger partial charge in [0.25, 0.3) is 0 Å². The van der Waals surface area contributed by atoms with E-state index in [2.05, 4.69) is 9.88 Å². The lowest BCUT2D eigenvalue weighted by atomic mass is 10.1. The molecule has 1 unspecified atom stereocenters. The second-order valence-corrected chi connectivity index (χ2v) is 7.63. The molecule has 2 heterocycles. The maximum Gasteiger partial charge on any atom is 0.156 e. The van der Waals surface area contributed by atoms with Gasteiger partial charge in [0.2, 0.25) is 0 Å². The second kappa shape index (κ2) is 7.90. The zero-order valence-electron chi connectivity index (χ0n) is 13.0. The van der Waals surface area contributed by atoms with E-state index in [0.717, 1.165) is 49.4 Å². The lowest BCUT2D eigenvalue weighted by molar-refractivity contribution is 0.232. The van der Waals surface area contributed by atoms with E-state index in [0.29, 0.717) is 0 Å². The van der Waals surface area contributed by atoms with Crippen LogP contribution in [0.2, 0.25) is 0 Å². The van der Waals surface area contributed by atoms with Gasteiger partial charge in [0.05, 0.1) is 0 Å². The van der Waals surface area contributed by atoms with E-state index in [1.165, 1.54) is 12.1 Å². The Hall–Kier alpha value is -1.43. The summed E-state index contributed by atoms with van der Waals surface area (Å²) in [5, 5.41) is 0.236. The molecule has 1 aliphatic rings. The highest BCUT2D eigenvalue weighted by atomic mass is 32.2. The lowest BCUT2D eigenvalue weighted by Crippen LogP contribution is -2.40. The molecule has 23 heavy (non-hydrogen) atoms. The van der Waals surface area contributed by atoms with E-state index in [1.807, 2.05) is 24.3 Å². The molecule has 3 rings (SSSR count). The van der Waals surface area contributed by atoms with Crippen LogP contribution in [0.25, 0.3) is 0 Å². The summed E-state index contributed by atoms with van der Waals surface area (Å²) in [6.07, 6.45) is 6.24. The number of pyridine rings is 1. The Balaban J connectivity index is 1.46. The summed E-state index contributed by atoms with van der Waals surface area (Å²) in [4.78, 5) is 7.26. The predicted molar refractivity (Wildman–Crippen MR) is 90.2 cm³/mol. The van der Waals surface area contributed by atoms with E-state index in [-0.39, 0.29) is 11.1 Å². The summed E-state index contributed by atoms with van der Waals surface area (Å²) < 4.78 is 25.4. The van der Waals surface area contributed by atoms with Crippen molar-refractivity contribution in [1.82, 2.24) is 9.88 Å². The topological polar surface area (TPSA) is 39.2 Å².